The topological polar surface area (TPSA) is 101 Å². The molecule has 1 aromatic heterocycles. The maximum atomic E-state index is 12.3. The third-order valence-electron chi connectivity index (χ3n) is 3.14. The van der Waals surface area contributed by atoms with Crippen molar-refractivity contribution in [1.82, 2.24) is 14.5 Å². The van der Waals surface area contributed by atoms with Crippen LogP contribution in [-0.4, -0.2) is 35.3 Å². The first-order valence-corrected chi connectivity index (χ1v) is 8.07. The van der Waals surface area contributed by atoms with Crippen molar-refractivity contribution >= 4 is 16.0 Å². The van der Waals surface area contributed by atoms with Crippen LogP contribution in [0, 0.1) is 6.92 Å². The van der Waals surface area contributed by atoms with E-state index in [2.05, 4.69) is 9.82 Å². The predicted octanol–water partition coefficient (Wildman–Crippen LogP) is 0.703. The molecular formula is C14H17N3O4S. The SMILES string of the molecule is Cc1nn(C)cc1S(=O)(=O)N[C@H](Cc1ccccc1)C(=O)O. The van der Waals surface area contributed by atoms with E-state index in [1.165, 1.54) is 10.9 Å². The minimum atomic E-state index is -3.95. The number of carboxylic acid groups (broad SMARTS) is 1. The van der Waals surface area contributed by atoms with Crippen LogP contribution in [0.15, 0.2) is 41.4 Å². The molecule has 2 N–H and O–H groups in total. The lowest BCUT2D eigenvalue weighted by molar-refractivity contribution is -0.138. The Balaban J connectivity index is 2.24. The molecule has 0 radical (unpaired) electrons. The van der Waals surface area contributed by atoms with Crippen molar-refractivity contribution in [3.8, 4) is 0 Å². The normalized spacial score (nSPS) is 13.0. The average molecular weight is 323 g/mol. The van der Waals surface area contributed by atoms with Gasteiger partial charge in [-0.05, 0) is 18.9 Å². The third-order valence-corrected chi connectivity index (χ3v) is 4.71. The first-order valence-electron chi connectivity index (χ1n) is 6.59. The quantitative estimate of drug-likeness (QED) is 0.815. The van der Waals surface area contributed by atoms with E-state index in [9.17, 15) is 18.3 Å². The molecule has 0 saturated heterocycles. The Morgan fingerprint density at radius 2 is 2.00 bits per heavy atom. The van der Waals surface area contributed by atoms with Crippen molar-refractivity contribution in [3.63, 3.8) is 0 Å². The zero-order chi connectivity index (χ0) is 16.3. The maximum absolute atomic E-state index is 12.3. The number of carboxylic acids is 1. The van der Waals surface area contributed by atoms with Crippen molar-refractivity contribution in [3.05, 3.63) is 47.8 Å². The van der Waals surface area contributed by atoms with Crippen molar-refractivity contribution < 1.29 is 18.3 Å². The number of aryl methyl sites for hydroxylation is 2. The monoisotopic (exact) mass is 323 g/mol. The predicted molar refractivity (Wildman–Crippen MR) is 79.8 cm³/mol. The number of rotatable bonds is 6. The number of nitrogens with one attached hydrogen (secondary N) is 1. The molecule has 0 aliphatic rings. The number of nitrogens with zero attached hydrogens (tertiary/aromatic N) is 2. The number of hydrogen-bond donors (Lipinski definition) is 2. The van der Waals surface area contributed by atoms with E-state index >= 15 is 0 Å². The van der Waals surface area contributed by atoms with Crippen LogP contribution in [0.2, 0.25) is 0 Å². The summed E-state index contributed by atoms with van der Waals surface area (Å²) >= 11 is 0. The first-order chi connectivity index (χ1) is 10.3. The molecule has 1 atom stereocenters. The zero-order valence-electron chi connectivity index (χ0n) is 12.2. The fourth-order valence-electron chi connectivity index (χ4n) is 2.12. The number of carbonyl (C=O) groups is 1. The highest BCUT2D eigenvalue weighted by atomic mass is 32.2. The largest absolute Gasteiger partial charge is 0.480 e. The second-order valence-electron chi connectivity index (χ2n) is 4.95. The lowest BCUT2D eigenvalue weighted by Gasteiger charge is -2.14. The highest BCUT2D eigenvalue weighted by Crippen LogP contribution is 2.14. The summed E-state index contributed by atoms with van der Waals surface area (Å²) in [4.78, 5) is 11.3. The van der Waals surface area contributed by atoms with E-state index in [0.717, 1.165) is 5.56 Å². The summed E-state index contributed by atoms with van der Waals surface area (Å²) in [6.07, 6.45) is 1.41. The second kappa shape index (κ2) is 6.29. The summed E-state index contributed by atoms with van der Waals surface area (Å²) in [5, 5.41) is 13.2. The Morgan fingerprint density at radius 1 is 1.36 bits per heavy atom. The van der Waals surface area contributed by atoms with Gasteiger partial charge in [0.2, 0.25) is 10.0 Å². The third kappa shape index (κ3) is 3.71. The van der Waals surface area contributed by atoms with E-state index in [1.54, 1.807) is 38.2 Å². The van der Waals surface area contributed by atoms with Crippen LogP contribution in [0.4, 0.5) is 0 Å². The summed E-state index contributed by atoms with van der Waals surface area (Å²) in [6.45, 7) is 1.56. The van der Waals surface area contributed by atoms with Gasteiger partial charge in [-0.1, -0.05) is 30.3 Å². The Hall–Kier alpha value is -2.19. The summed E-state index contributed by atoms with van der Waals surface area (Å²) < 4.78 is 28.3. The van der Waals surface area contributed by atoms with Crippen LogP contribution in [0.5, 0.6) is 0 Å². The Labute approximate surface area is 128 Å². The lowest BCUT2D eigenvalue weighted by Crippen LogP contribution is -2.42. The van der Waals surface area contributed by atoms with Crippen molar-refractivity contribution in [2.24, 2.45) is 7.05 Å². The molecule has 0 fully saturated rings. The maximum Gasteiger partial charge on any atom is 0.322 e. The lowest BCUT2D eigenvalue weighted by atomic mass is 10.1. The second-order valence-corrected chi connectivity index (χ2v) is 6.64. The van der Waals surface area contributed by atoms with Crippen LogP contribution in [0.3, 0.4) is 0 Å². The van der Waals surface area contributed by atoms with Gasteiger partial charge in [-0.15, -0.1) is 0 Å². The van der Waals surface area contributed by atoms with Crippen LogP contribution < -0.4 is 4.72 Å². The Bertz CT molecular complexity index is 769. The molecule has 0 spiro atoms. The molecule has 1 aromatic carbocycles. The van der Waals surface area contributed by atoms with Gasteiger partial charge in [0.05, 0.1) is 5.69 Å². The van der Waals surface area contributed by atoms with Gasteiger partial charge < -0.3 is 5.11 Å². The number of hydrogen-bond acceptors (Lipinski definition) is 4. The molecule has 0 aliphatic carbocycles. The molecule has 0 saturated carbocycles. The van der Waals surface area contributed by atoms with Crippen molar-refractivity contribution in [1.29, 1.82) is 0 Å². The average Bonchev–Trinajstić information content (AvgIpc) is 2.79. The fourth-order valence-corrected chi connectivity index (χ4v) is 3.53. The molecule has 2 rings (SSSR count). The number of aromatic nitrogens is 2. The number of benzene rings is 1. The van der Waals surface area contributed by atoms with Crippen LogP contribution in [-0.2, 0) is 28.3 Å². The van der Waals surface area contributed by atoms with E-state index < -0.39 is 22.0 Å². The first kappa shape index (κ1) is 16.2. The molecule has 0 unspecified atom stereocenters. The molecule has 22 heavy (non-hydrogen) atoms. The van der Waals surface area contributed by atoms with Gasteiger partial charge in [-0.25, -0.2) is 8.42 Å². The summed E-state index contributed by atoms with van der Waals surface area (Å²) in [7, 11) is -2.35. The molecular weight excluding hydrogens is 306 g/mol. The molecule has 0 amide bonds. The molecule has 0 aliphatic heterocycles. The smallest absolute Gasteiger partial charge is 0.322 e. The van der Waals surface area contributed by atoms with Crippen molar-refractivity contribution in [2.75, 3.05) is 0 Å². The molecule has 118 valence electrons. The van der Waals surface area contributed by atoms with Gasteiger partial charge >= 0.3 is 5.97 Å². The Kier molecular flexibility index (Phi) is 4.62. The van der Waals surface area contributed by atoms with Crippen LogP contribution in [0.1, 0.15) is 11.3 Å². The van der Waals surface area contributed by atoms with E-state index in [4.69, 9.17) is 0 Å². The van der Waals surface area contributed by atoms with E-state index in [1.807, 2.05) is 6.07 Å². The summed E-state index contributed by atoms with van der Waals surface area (Å²) in [6, 6.07) is 7.61. The number of aliphatic carboxylic acids is 1. The standard InChI is InChI=1S/C14H17N3O4S/c1-10-13(9-17(2)15-10)22(20,21)16-12(14(18)19)8-11-6-4-3-5-7-11/h3-7,9,12,16H,8H2,1-2H3,(H,18,19)/t12-/m1/s1. The summed E-state index contributed by atoms with van der Waals surface area (Å²) in [5.74, 6) is -1.23. The fraction of sp³-hybridized carbons (Fsp3) is 0.286. The van der Waals surface area contributed by atoms with Gasteiger partial charge in [0.25, 0.3) is 0 Å². The minimum Gasteiger partial charge on any atom is -0.480 e. The van der Waals surface area contributed by atoms with Crippen LogP contribution >= 0.6 is 0 Å². The molecule has 1 heterocycles. The van der Waals surface area contributed by atoms with Gasteiger partial charge in [-0.2, -0.15) is 9.82 Å². The number of sulfonamides is 1. The highest BCUT2D eigenvalue weighted by Gasteiger charge is 2.28. The Morgan fingerprint density at radius 3 is 2.50 bits per heavy atom. The molecule has 8 heteroatoms. The van der Waals surface area contributed by atoms with Crippen molar-refractivity contribution in [2.45, 2.75) is 24.3 Å². The highest BCUT2D eigenvalue weighted by molar-refractivity contribution is 7.89. The van der Waals surface area contributed by atoms with E-state index in [-0.39, 0.29) is 11.3 Å². The minimum absolute atomic E-state index is 0.0192. The van der Waals surface area contributed by atoms with Gasteiger partial charge in [-0.3, -0.25) is 9.48 Å². The van der Waals surface area contributed by atoms with Crippen LogP contribution in [0.25, 0.3) is 0 Å². The summed E-state index contributed by atoms with van der Waals surface area (Å²) in [5.41, 5.74) is 1.05. The van der Waals surface area contributed by atoms with E-state index in [0.29, 0.717) is 5.69 Å². The molecule has 0 bridgehead atoms. The van der Waals surface area contributed by atoms with Gasteiger partial charge in [0, 0.05) is 13.2 Å². The molecule has 2 aromatic rings. The van der Waals surface area contributed by atoms with Gasteiger partial charge in [0.15, 0.2) is 0 Å². The zero-order valence-corrected chi connectivity index (χ0v) is 13.0. The van der Waals surface area contributed by atoms with Gasteiger partial charge in [0.1, 0.15) is 10.9 Å². The molecule has 7 nitrogen and oxygen atoms in total.